The molecule has 0 spiro atoms. The third-order valence-electron chi connectivity index (χ3n) is 3.01. The van der Waals surface area contributed by atoms with E-state index in [0.717, 1.165) is 7.11 Å². The summed E-state index contributed by atoms with van der Waals surface area (Å²) in [6.45, 7) is 4.71. The van der Waals surface area contributed by atoms with Crippen LogP contribution in [-0.2, 0) is 28.6 Å². The minimum absolute atomic E-state index is 0.506. The van der Waals surface area contributed by atoms with E-state index < -0.39 is 57.8 Å². The molecule has 1 N–H and O–H groups in total. The molecule has 140 valence electrons. The number of nitrogens with one attached hydrogen (secondary N) is 1. The van der Waals surface area contributed by atoms with Gasteiger partial charge in [0.25, 0.3) is 0 Å². The predicted octanol–water partition coefficient (Wildman–Crippen LogP) is 1.45. The number of alkyl halides is 3. The molecule has 0 aromatic rings. The summed E-state index contributed by atoms with van der Waals surface area (Å²) in [5.41, 5.74) is -8.15. The smallest absolute Gasteiger partial charge is 0.467 e. The number of hydrogen-bond donors (Lipinski definition) is 1. The van der Waals surface area contributed by atoms with E-state index >= 15 is 0 Å². The molecule has 8 nitrogen and oxygen atoms in total. The van der Waals surface area contributed by atoms with Gasteiger partial charge in [0.05, 0.1) is 13.2 Å². The first-order valence-corrected chi connectivity index (χ1v) is 8.12. The standard InChI is InChI=1S/C12H18F3NO7S/c1-10(2,3)22-9(18)16-11(8(17)21-4)5-7(6-11)23-24(19,20)12(13,14)15/h7H,5-6H2,1-4H3,(H,16,18)/t7-,11+. The van der Waals surface area contributed by atoms with Gasteiger partial charge in [-0.05, 0) is 20.8 Å². The van der Waals surface area contributed by atoms with Gasteiger partial charge in [0.2, 0.25) is 0 Å². The molecule has 0 aromatic carbocycles. The van der Waals surface area contributed by atoms with Crippen LogP contribution in [0.25, 0.3) is 0 Å². The van der Waals surface area contributed by atoms with Gasteiger partial charge in [-0.2, -0.15) is 21.6 Å². The van der Waals surface area contributed by atoms with Crippen molar-refractivity contribution in [2.45, 2.75) is 56.4 Å². The number of ether oxygens (including phenoxy) is 2. The quantitative estimate of drug-likeness (QED) is 0.449. The van der Waals surface area contributed by atoms with E-state index in [2.05, 4.69) is 14.2 Å². The van der Waals surface area contributed by atoms with Crippen molar-refractivity contribution in [1.82, 2.24) is 5.32 Å². The van der Waals surface area contributed by atoms with Crippen LogP contribution in [0.15, 0.2) is 0 Å². The molecule has 0 saturated heterocycles. The lowest BCUT2D eigenvalue weighted by Gasteiger charge is -2.44. The van der Waals surface area contributed by atoms with E-state index in [1.54, 1.807) is 20.8 Å². The van der Waals surface area contributed by atoms with Crippen LogP contribution in [0.3, 0.4) is 0 Å². The lowest BCUT2D eigenvalue weighted by Crippen LogP contribution is -2.66. The average Bonchev–Trinajstić information content (AvgIpc) is 2.30. The minimum atomic E-state index is -5.79. The van der Waals surface area contributed by atoms with E-state index in [4.69, 9.17) is 4.74 Å². The maximum absolute atomic E-state index is 12.3. The Bertz CT molecular complexity index is 603. The fraction of sp³-hybridized carbons (Fsp3) is 0.833. The number of methoxy groups -OCH3 is 1. The maximum atomic E-state index is 12.3. The number of hydrogen-bond acceptors (Lipinski definition) is 7. The van der Waals surface area contributed by atoms with Crippen LogP contribution in [0.1, 0.15) is 33.6 Å². The number of esters is 1. The molecule has 1 saturated carbocycles. The van der Waals surface area contributed by atoms with Gasteiger partial charge in [-0.25, -0.2) is 9.59 Å². The average molecular weight is 377 g/mol. The SMILES string of the molecule is COC(=O)[C@]1(NC(=O)OC(C)(C)C)C[C@@H](OS(=O)(=O)C(F)(F)F)C1. The summed E-state index contributed by atoms with van der Waals surface area (Å²) in [5, 5.41) is 2.20. The second-order valence-electron chi connectivity index (χ2n) is 6.23. The largest absolute Gasteiger partial charge is 0.523 e. The highest BCUT2D eigenvalue weighted by atomic mass is 32.2. The molecule has 1 rings (SSSR count). The van der Waals surface area contributed by atoms with Crippen LogP contribution >= 0.6 is 0 Å². The number of rotatable bonds is 4. The summed E-state index contributed by atoms with van der Waals surface area (Å²) in [7, 11) is -4.78. The van der Waals surface area contributed by atoms with Crippen molar-refractivity contribution in [2.24, 2.45) is 0 Å². The lowest BCUT2D eigenvalue weighted by atomic mass is 9.74. The van der Waals surface area contributed by atoms with Crippen molar-refractivity contribution in [2.75, 3.05) is 7.11 Å². The zero-order chi connectivity index (χ0) is 19.0. The van der Waals surface area contributed by atoms with Gasteiger partial charge >= 0.3 is 27.7 Å². The third-order valence-corrected chi connectivity index (χ3v) is 4.11. The summed E-state index contributed by atoms with van der Waals surface area (Å²) in [6.07, 6.45) is -3.43. The van der Waals surface area contributed by atoms with E-state index in [-0.39, 0.29) is 0 Å². The summed E-state index contributed by atoms with van der Waals surface area (Å²) in [5.74, 6) is -0.947. The van der Waals surface area contributed by atoms with Crippen molar-refractivity contribution in [3.8, 4) is 0 Å². The Kier molecular flexibility index (Phi) is 5.45. The molecule has 1 fully saturated rings. The fourth-order valence-corrected chi connectivity index (χ4v) is 2.64. The number of carbonyl (C=O) groups is 2. The Labute approximate surface area is 136 Å². The number of alkyl carbamates (subject to hydrolysis) is 1. The second kappa shape index (κ2) is 6.39. The Balaban J connectivity index is 2.80. The molecule has 1 aliphatic rings. The number of amides is 1. The zero-order valence-electron chi connectivity index (χ0n) is 13.4. The Morgan fingerprint density at radius 1 is 1.17 bits per heavy atom. The summed E-state index contributed by atoms with van der Waals surface area (Å²) < 4.78 is 72.2. The summed E-state index contributed by atoms with van der Waals surface area (Å²) >= 11 is 0. The Morgan fingerprint density at radius 2 is 1.67 bits per heavy atom. The van der Waals surface area contributed by atoms with Gasteiger partial charge in [0.15, 0.2) is 0 Å². The van der Waals surface area contributed by atoms with E-state index in [0.29, 0.717) is 0 Å². The predicted molar refractivity (Wildman–Crippen MR) is 73.2 cm³/mol. The molecular weight excluding hydrogens is 359 g/mol. The van der Waals surface area contributed by atoms with Gasteiger partial charge in [-0.15, -0.1) is 0 Å². The highest BCUT2D eigenvalue weighted by Crippen LogP contribution is 2.39. The van der Waals surface area contributed by atoms with Crippen LogP contribution in [0.4, 0.5) is 18.0 Å². The van der Waals surface area contributed by atoms with Crippen LogP contribution in [0.2, 0.25) is 0 Å². The first-order valence-electron chi connectivity index (χ1n) is 6.71. The molecule has 1 aliphatic carbocycles. The molecule has 0 aromatic heterocycles. The fourth-order valence-electron chi connectivity index (χ4n) is 2.03. The van der Waals surface area contributed by atoms with E-state index in [1.165, 1.54) is 0 Å². The molecule has 0 aliphatic heterocycles. The van der Waals surface area contributed by atoms with Crippen molar-refractivity contribution in [1.29, 1.82) is 0 Å². The van der Waals surface area contributed by atoms with Gasteiger partial charge in [0.1, 0.15) is 11.1 Å². The molecule has 12 heteroatoms. The summed E-state index contributed by atoms with van der Waals surface area (Å²) in [6, 6.07) is 0. The topological polar surface area (TPSA) is 108 Å². The monoisotopic (exact) mass is 377 g/mol. The molecule has 0 radical (unpaired) electrons. The van der Waals surface area contributed by atoms with Crippen molar-refractivity contribution >= 4 is 22.2 Å². The molecule has 24 heavy (non-hydrogen) atoms. The highest BCUT2D eigenvalue weighted by molar-refractivity contribution is 7.87. The summed E-state index contributed by atoms with van der Waals surface area (Å²) in [4.78, 5) is 23.6. The minimum Gasteiger partial charge on any atom is -0.467 e. The van der Waals surface area contributed by atoms with Crippen molar-refractivity contribution in [3.05, 3.63) is 0 Å². The Hall–Kier alpha value is -1.56. The zero-order valence-corrected chi connectivity index (χ0v) is 14.2. The van der Waals surface area contributed by atoms with Gasteiger partial charge < -0.3 is 14.8 Å². The molecule has 0 bridgehead atoms. The second-order valence-corrected chi connectivity index (χ2v) is 7.79. The molecule has 0 unspecified atom stereocenters. The van der Waals surface area contributed by atoms with Crippen molar-refractivity contribution < 1.29 is 44.8 Å². The Morgan fingerprint density at radius 3 is 2.04 bits per heavy atom. The molecular formula is C12H18F3NO7S. The van der Waals surface area contributed by atoms with E-state index in [9.17, 15) is 31.2 Å². The van der Waals surface area contributed by atoms with Crippen LogP contribution < -0.4 is 5.32 Å². The maximum Gasteiger partial charge on any atom is 0.523 e. The van der Waals surface area contributed by atoms with Crippen LogP contribution in [0, 0.1) is 0 Å². The molecule has 1 amide bonds. The van der Waals surface area contributed by atoms with E-state index in [1.807, 2.05) is 0 Å². The number of carbonyl (C=O) groups excluding carboxylic acids is 2. The third kappa shape index (κ3) is 4.72. The molecule has 0 atom stereocenters. The molecule has 0 heterocycles. The van der Waals surface area contributed by atoms with Crippen LogP contribution in [-0.4, -0.2) is 50.3 Å². The lowest BCUT2D eigenvalue weighted by molar-refractivity contribution is -0.157. The highest BCUT2D eigenvalue weighted by Gasteiger charge is 2.58. The van der Waals surface area contributed by atoms with Gasteiger partial charge in [0, 0.05) is 12.8 Å². The van der Waals surface area contributed by atoms with Gasteiger partial charge in [-0.3, -0.25) is 4.18 Å². The van der Waals surface area contributed by atoms with Crippen molar-refractivity contribution in [3.63, 3.8) is 0 Å². The number of halogens is 3. The first kappa shape index (κ1) is 20.5. The first-order chi connectivity index (χ1) is 10.6. The van der Waals surface area contributed by atoms with Gasteiger partial charge in [-0.1, -0.05) is 0 Å². The normalized spacial score (nSPS) is 24.7. The van der Waals surface area contributed by atoms with Crippen LogP contribution in [0.5, 0.6) is 0 Å².